The third kappa shape index (κ3) is 2.85. The van der Waals surface area contributed by atoms with Gasteiger partial charge in [0, 0.05) is 26.2 Å². The van der Waals surface area contributed by atoms with Gasteiger partial charge in [-0.15, -0.1) is 0 Å². The lowest BCUT2D eigenvalue weighted by Crippen LogP contribution is -2.36. The van der Waals surface area contributed by atoms with Crippen LogP contribution in [0.1, 0.15) is 30.6 Å². The van der Waals surface area contributed by atoms with E-state index in [9.17, 15) is 9.90 Å². The average Bonchev–Trinajstić information content (AvgIpc) is 2.25. The fourth-order valence-corrected chi connectivity index (χ4v) is 2.09. The van der Waals surface area contributed by atoms with E-state index >= 15 is 0 Å². The molecule has 0 saturated carbocycles. The van der Waals surface area contributed by atoms with Crippen molar-refractivity contribution in [3.8, 4) is 17.2 Å². The second kappa shape index (κ2) is 4.94. The molecule has 0 fully saturated rings. The van der Waals surface area contributed by atoms with Crippen LogP contribution in [0.4, 0.5) is 0 Å². The number of carbonyl (C=O) groups excluding carboxylic acids is 1. The number of nitrogens with zero attached hydrogens (tertiary/aromatic N) is 1. The third-order valence-corrected chi connectivity index (χ3v) is 3.33. The molecular weight excluding hydrogens is 278 g/mol. The Hall–Kier alpha value is -1.82. The number of benzene rings is 1. The number of rotatable bonds is 1. The summed E-state index contributed by atoms with van der Waals surface area (Å²) in [7, 11) is 3.51. The van der Waals surface area contributed by atoms with Gasteiger partial charge in [-0.1, -0.05) is 0 Å². The van der Waals surface area contributed by atoms with Crippen LogP contribution in [-0.2, 0) is 0 Å². The van der Waals surface area contributed by atoms with Gasteiger partial charge in [-0.25, -0.2) is 0 Å². The van der Waals surface area contributed by atoms with E-state index in [4.69, 9.17) is 21.7 Å². The van der Waals surface area contributed by atoms with Crippen molar-refractivity contribution in [1.82, 2.24) is 4.90 Å². The van der Waals surface area contributed by atoms with Gasteiger partial charge in [-0.3, -0.25) is 4.79 Å². The molecule has 0 atom stereocenters. The lowest BCUT2D eigenvalue weighted by Gasteiger charge is -2.32. The van der Waals surface area contributed by atoms with E-state index in [-0.39, 0.29) is 28.7 Å². The summed E-state index contributed by atoms with van der Waals surface area (Å²) in [6.07, 6.45) is 0.226. The van der Waals surface area contributed by atoms with E-state index in [1.807, 2.05) is 13.8 Å². The minimum absolute atomic E-state index is 0.143. The number of Topliss-reactive ketones (excluding diaryl/α,β-unsaturated/α-hetero) is 1. The zero-order valence-corrected chi connectivity index (χ0v) is 12.7. The molecule has 0 aromatic heterocycles. The molecule has 0 saturated heterocycles. The Bertz CT molecular complexity index is 581. The third-order valence-electron chi connectivity index (χ3n) is 2.88. The zero-order chi connectivity index (χ0) is 15.1. The van der Waals surface area contributed by atoms with Crippen molar-refractivity contribution >= 4 is 23.2 Å². The van der Waals surface area contributed by atoms with Crippen LogP contribution in [0.2, 0.25) is 0 Å². The largest absolute Gasteiger partial charge is 0.507 e. The van der Waals surface area contributed by atoms with Gasteiger partial charge < -0.3 is 19.5 Å². The van der Waals surface area contributed by atoms with Gasteiger partial charge >= 0.3 is 0 Å². The number of ketones is 1. The molecule has 0 radical (unpaired) electrons. The molecule has 0 unspecified atom stereocenters. The Balaban J connectivity index is 2.39. The summed E-state index contributed by atoms with van der Waals surface area (Å²) in [6, 6.07) is 2.94. The fourth-order valence-electron chi connectivity index (χ4n) is 2.00. The lowest BCUT2D eigenvalue weighted by atomic mass is 9.92. The molecule has 20 heavy (non-hydrogen) atoms. The standard InChI is InChI=1S/C14H17NO4S/c1-14(2)7-10(17)12-9(16)5-8(6-11(12)19-14)18-13(20)15(3)4/h5-6,16H,7H2,1-4H3. The van der Waals surface area contributed by atoms with Crippen molar-refractivity contribution < 1.29 is 19.4 Å². The van der Waals surface area contributed by atoms with Crippen LogP contribution in [0, 0.1) is 0 Å². The maximum atomic E-state index is 12.0. The topological polar surface area (TPSA) is 59.0 Å². The first-order chi connectivity index (χ1) is 9.19. The summed E-state index contributed by atoms with van der Waals surface area (Å²) in [5, 5.41) is 10.2. The van der Waals surface area contributed by atoms with Crippen molar-refractivity contribution in [3.05, 3.63) is 17.7 Å². The number of hydrogen-bond donors (Lipinski definition) is 1. The Labute approximate surface area is 123 Å². The van der Waals surface area contributed by atoms with Crippen molar-refractivity contribution in [1.29, 1.82) is 0 Å². The molecule has 2 rings (SSSR count). The molecule has 0 spiro atoms. The Morgan fingerprint density at radius 2 is 2.10 bits per heavy atom. The summed E-state index contributed by atoms with van der Waals surface area (Å²) in [6.45, 7) is 3.64. The van der Waals surface area contributed by atoms with E-state index in [2.05, 4.69) is 0 Å². The van der Waals surface area contributed by atoms with Gasteiger partial charge in [0.15, 0.2) is 5.78 Å². The predicted molar refractivity (Wildman–Crippen MR) is 78.7 cm³/mol. The molecule has 0 aliphatic carbocycles. The highest BCUT2D eigenvalue weighted by Crippen LogP contribution is 2.40. The molecular formula is C14H17NO4S. The number of aromatic hydroxyl groups is 1. The summed E-state index contributed by atoms with van der Waals surface area (Å²) in [4.78, 5) is 13.7. The summed E-state index contributed by atoms with van der Waals surface area (Å²) in [5.41, 5.74) is -0.399. The molecule has 1 aliphatic heterocycles. The van der Waals surface area contributed by atoms with Gasteiger partial charge in [-0.2, -0.15) is 0 Å². The molecule has 1 aliphatic rings. The number of phenolic OH excluding ortho intramolecular Hbond substituents is 1. The molecule has 108 valence electrons. The van der Waals surface area contributed by atoms with Gasteiger partial charge in [0.25, 0.3) is 5.17 Å². The number of fused-ring (bicyclic) bond motifs is 1. The lowest BCUT2D eigenvalue weighted by molar-refractivity contribution is 0.0613. The quantitative estimate of drug-likeness (QED) is 0.803. The van der Waals surface area contributed by atoms with Crippen LogP contribution in [-0.4, -0.2) is 40.7 Å². The summed E-state index contributed by atoms with van der Waals surface area (Å²) in [5.74, 6) is 0.364. The Kier molecular flexibility index (Phi) is 3.60. The maximum absolute atomic E-state index is 12.0. The zero-order valence-electron chi connectivity index (χ0n) is 11.9. The van der Waals surface area contributed by atoms with Crippen molar-refractivity contribution in [2.75, 3.05) is 14.1 Å². The Morgan fingerprint density at radius 3 is 2.70 bits per heavy atom. The number of carbonyl (C=O) groups is 1. The van der Waals surface area contributed by atoms with Gasteiger partial charge in [0.2, 0.25) is 0 Å². The minimum atomic E-state index is -0.600. The van der Waals surface area contributed by atoms with E-state index in [0.29, 0.717) is 11.5 Å². The van der Waals surface area contributed by atoms with Gasteiger partial charge in [0.1, 0.15) is 28.4 Å². The number of hydrogen-bond acceptors (Lipinski definition) is 5. The van der Waals surface area contributed by atoms with Crippen molar-refractivity contribution in [3.63, 3.8) is 0 Å². The van der Waals surface area contributed by atoms with Crippen LogP contribution in [0.3, 0.4) is 0 Å². The number of thiocarbonyl (C=S) groups is 1. The molecule has 0 bridgehead atoms. The first-order valence-corrected chi connectivity index (χ1v) is 6.59. The molecule has 5 nitrogen and oxygen atoms in total. The van der Waals surface area contributed by atoms with E-state index in [1.54, 1.807) is 25.1 Å². The monoisotopic (exact) mass is 295 g/mol. The SMILES string of the molecule is CN(C)C(=S)Oc1cc(O)c2c(c1)OC(C)(C)CC2=O. The number of phenols is 1. The van der Waals surface area contributed by atoms with Gasteiger partial charge in [-0.05, 0) is 26.1 Å². The van der Waals surface area contributed by atoms with E-state index < -0.39 is 5.60 Å². The summed E-state index contributed by atoms with van der Waals surface area (Å²) < 4.78 is 11.2. The highest BCUT2D eigenvalue weighted by atomic mass is 32.1. The normalized spacial score (nSPS) is 16.1. The smallest absolute Gasteiger partial charge is 0.264 e. The maximum Gasteiger partial charge on any atom is 0.264 e. The molecule has 1 heterocycles. The number of ether oxygens (including phenoxy) is 2. The second-order valence-corrected chi connectivity index (χ2v) is 5.89. The molecule has 1 N–H and O–H groups in total. The van der Waals surface area contributed by atoms with Crippen molar-refractivity contribution in [2.45, 2.75) is 25.9 Å². The first kappa shape index (κ1) is 14.6. The van der Waals surface area contributed by atoms with Gasteiger partial charge in [0.05, 0.1) is 6.42 Å². The van der Waals surface area contributed by atoms with Crippen LogP contribution in [0.5, 0.6) is 17.2 Å². The van der Waals surface area contributed by atoms with Crippen molar-refractivity contribution in [2.24, 2.45) is 0 Å². The van der Waals surface area contributed by atoms with E-state index in [0.717, 1.165) is 0 Å². The van der Waals surface area contributed by atoms with Crippen LogP contribution >= 0.6 is 12.2 Å². The predicted octanol–water partition coefficient (Wildman–Crippen LogP) is 2.36. The second-order valence-electron chi connectivity index (χ2n) is 5.54. The van der Waals surface area contributed by atoms with Crippen LogP contribution in [0.15, 0.2) is 12.1 Å². The van der Waals surface area contributed by atoms with Crippen LogP contribution < -0.4 is 9.47 Å². The average molecular weight is 295 g/mol. The minimum Gasteiger partial charge on any atom is -0.507 e. The van der Waals surface area contributed by atoms with Crippen LogP contribution in [0.25, 0.3) is 0 Å². The first-order valence-electron chi connectivity index (χ1n) is 6.18. The molecule has 1 aromatic rings. The molecule has 1 aromatic carbocycles. The van der Waals surface area contributed by atoms with E-state index in [1.165, 1.54) is 6.07 Å². The highest BCUT2D eigenvalue weighted by Gasteiger charge is 2.35. The summed E-state index contributed by atoms with van der Waals surface area (Å²) >= 11 is 5.04. The highest BCUT2D eigenvalue weighted by molar-refractivity contribution is 7.80. The molecule has 0 amide bonds. The molecule has 6 heteroatoms. The Morgan fingerprint density at radius 1 is 1.45 bits per heavy atom. The fraction of sp³-hybridized carbons (Fsp3) is 0.429.